The highest BCUT2D eigenvalue weighted by molar-refractivity contribution is 5.89. The third-order valence-corrected chi connectivity index (χ3v) is 2.83. The van der Waals surface area contributed by atoms with Crippen LogP contribution in [0.2, 0.25) is 0 Å². The Hall–Kier alpha value is -1.55. The molecule has 0 bridgehead atoms. The number of nitrogens with two attached hydrogens (primary N) is 1. The minimum Gasteiger partial charge on any atom is -0.325 e. The van der Waals surface area contributed by atoms with Crippen LogP contribution in [-0.4, -0.2) is 24.0 Å². The standard InChI is InChI=1S/C14H23N3O/c1-4-9-17(5-2)14(18)16-13-8-6-7-12(10-13)11(3)15/h6-8,10-11H,4-5,9,15H2,1-3H3,(H,16,18). The van der Waals surface area contributed by atoms with Crippen LogP contribution in [0.4, 0.5) is 10.5 Å². The van der Waals surface area contributed by atoms with Gasteiger partial charge in [0.2, 0.25) is 0 Å². The highest BCUT2D eigenvalue weighted by Crippen LogP contribution is 2.16. The van der Waals surface area contributed by atoms with Gasteiger partial charge in [0.25, 0.3) is 0 Å². The molecule has 4 heteroatoms. The van der Waals surface area contributed by atoms with Crippen molar-refractivity contribution in [3.63, 3.8) is 0 Å². The van der Waals surface area contributed by atoms with E-state index < -0.39 is 0 Å². The van der Waals surface area contributed by atoms with Gasteiger partial charge in [-0.25, -0.2) is 4.79 Å². The van der Waals surface area contributed by atoms with Crippen molar-refractivity contribution in [2.24, 2.45) is 5.73 Å². The van der Waals surface area contributed by atoms with E-state index in [1.165, 1.54) is 0 Å². The number of nitrogens with one attached hydrogen (secondary N) is 1. The van der Waals surface area contributed by atoms with E-state index in [2.05, 4.69) is 12.2 Å². The lowest BCUT2D eigenvalue weighted by Gasteiger charge is -2.21. The van der Waals surface area contributed by atoms with Gasteiger partial charge in [0, 0.05) is 24.8 Å². The van der Waals surface area contributed by atoms with Gasteiger partial charge in [-0.05, 0) is 38.0 Å². The first-order valence-electron chi connectivity index (χ1n) is 6.50. The number of hydrogen-bond acceptors (Lipinski definition) is 2. The van der Waals surface area contributed by atoms with Crippen molar-refractivity contribution >= 4 is 11.7 Å². The number of hydrogen-bond donors (Lipinski definition) is 2. The van der Waals surface area contributed by atoms with E-state index in [1.807, 2.05) is 38.1 Å². The van der Waals surface area contributed by atoms with Crippen LogP contribution in [0.5, 0.6) is 0 Å². The van der Waals surface area contributed by atoms with E-state index in [9.17, 15) is 4.79 Å². The van der Waals surface area contributed by atoms with Gasteiger partial charge in [0.05, 0.1) is 0 Å². The molecule has 0 saturated carbocycles. The van der Waals surface area contributed by atoms with E-state index in [-0.39, 0.29) is 12.1 Å². The first-order chi connectivity index (χ1) is 8.58. The van der Waals surface area contributed by atoms with Gasteiger partial charge >= 0.3 is 6.03 Å². The zero-order chi connectivity index (χ0) is 13.5. The highest BCUT2D eigenvalue weighted by atomic mass is 16.2. The minimum absolute atomic E-state index is 0.0280. The van der Waals surface area contributed by atoms with Gasteiger partial charge in [-0.3, -0.25) is 0 Å². The summed E-state index contributed by atoms with van der Waals surface area (Å²) in [6, 6.07) is 7.58. The second kappa shape index (κ2) is 7.01. The average Bonchev–Trinajstić information content (AvgIpc) is 2.36. The van der Waals surface area contributed by atoms with Gasteiger partial charge in [-0.2, -0.15) is 0 Å². The topological polar surface area (TPSA) is 58.4 Å². The van der Waals surface area contributed by atoms with Crippen molar-refractivity contribution in [2.45, 2.75) is 33.2 Å². The van der Waals surface area contributed by atoms with E-state index >= 15 is 0 Å². The maximum absolute atomic E-state index is 12.0. The summed E-state index contributed by atoms with van der Waals surface area (Å²) >= 11 is 0. The summed E-state index contributed by atoms with van der Waals surface area (Å²) in [6.45, 7) is 7.46. The lowest BCUT2D eigenvalue weighted by Crippen LogP contribution is -2.35. The fourth-order valence-corrected chi connectivity index (χ4v) is 1.78. The summed E-state index contributed by atoms with van der Waals surface area (Å²) in [5.41, 5.74) is 7.64. The van der Waals surface area contributed by atoms with Crippen molar-refractivity contribution in [3.8, 4) is 0 Å². The Morgan fingerprint density at radius 2 is 2.17 bits per heavy atom. The summed E-state index contributed by atoms with van der Waals surface area (Å²) in [4.78, 5) is 13.8. The average molecular weight is 249 g/mol. The van der Waals surface area contributed by atoms with Crippen LogP contribution in [-0.2, 0) is 0 Å². The number of urea groups is 1. The van der Waals surface area contributed by atoms with Crippen molar-refractivity contribution in [1.82, 2.24) is 4.90 Å². The maximum Gasteiger partial charge on any atom is 0.321 e. The molecule has 1 atom stereocenters. The van der Waals surface area contributed by atoms with Crippen LogP contribution < -0.4 is 11.1 Å². The lowest BCUT2D eigenvalue weighted by atomic mass is 10.1. The molecule has 0 heterocycles. The van der Waals surface area contributed by atoms with Crippen LogP contribution in [0.1, 0.15) is 38.8 Å². The molecule has 1 rings (SSSR count). The van der Waals surface area contributed by atoms with Crippen LogP contribution >= 0.6 is 0 Å². The molecular formula is C14H23N3O. The first kappa shape index (κ1) is 14.5. The maximum atomic E-state index is 12.0. The van der Waals surface area contributed by atoms with Crippen LogP contribution in [0.15, 0.2) is 24.3 Å². The number of carbonyl (C=O) groups is 1. The molecule has 1 aromatic carbocycles. The predicted octanol–water partition coefficient (Wildman–Crippen LogP) is 2.97. The lowest BCUT2D eigenvalue weighted by molar-refractivity contribution is 0.214. The Balaban J connectivity index is 2.71. The second-order valence-electron chi connectivity index (χ2n) is 4.42. The zero-order valence-corrected chi connectivity index (χ0v) is 11.4. The van der Waals surface area contributed by atoms with Crippen LogP contribution in [0, 0.1) is 0 Å². The number of rotatable bonds is 5. The molecular weight excluding hydrogens is 226 g/mol. The number of anilines is 1. The Morgan fingerprint density at radius 1 is 1.44 bits per heavy atom. The minimum atomic E-state index is -0.0545. The van der Waals surface area contributed by atoms with Gasteiger partial charge in [0.1, 0.15) is 0 Å². The summed E-state index contributed by atoms with van der Waals surface area (Å²) < 4.78 is 0. The number of nitrogens with zero attached hydrogens (tertiary/aromatic N) is 1. The smallest absolute Gasteiger partial charge is 0.321 e. The Labute approximate surface area is 109 Å². The molecule has 1 aromatic rings. The molecule has 1 unspecified atom stereocenters. The monoisotopic (exact) mass is 249 g/mol. The molecule has 0 saturated heterocycles. The van der Waals surface area contributed by atoms with E-state index in [0.29, 0.717) is 6.54 Å². The number of amides is 2. The van der Waals surface area contributed by atoms with Gasteiger partial charge in [0.15, 0.2) is 0 Å². The van der Waals surface area contributed by atoms with Crippen LogP contribution in [0.3, 0.4) is 0 Å². The predicted molar refractivity (Wildman–Crippen MR) is 75.6 cm³/mol. The third-order valence-electron chi connectivity index (χ3n) is 2.83. The summed E-state index contributed by atoms with van der Waals surface area (Å²) in [5.74, 6) is 0. The SMILES string of the molecule is CCCN(CC)C(=O)Nc1cccc(C(C)N)c1. The molecule has 0 aliphatic heterocycles. The first-order valence-corrected chi connectivity index (χ1v) is 6.50. The molecule has 100 valence electrons. The quantitative estimate of drug-likeness (QED) is 0.842. The normalized spacial score (nSPS) is 12.0. The molecule has 0 fully saturated rings. The van der Waals surface area contributed by atoms with E-state index in [4.69, 9.17) is 5.73 Å². The van der Waals surface area contributed by atoms with Crippen molar-refractivity contribution in [3.05, 3.63) is 29.8 Å². The second-order valence-corrected chi connectivity index (χ2v) is 4.42. The fourth-order valence-electron chi connectivity index (χ4n) is 1.78. The van der Waals surface area contributed by atoms with E-state index in [1.54, 1.807) is 4.90 Å². The molecule has 4 nitrogen and oxygen atoms in total. The van der Waals surface area contributed by atoms with Gasteiger partial charge < -0.3 is 16.0 Å². The number of carbonyl (C=O) groups excluding carboxylic acids is 1. The van der Waals surface area contributed by atoms with E-state index in [0.717, 1.165) is 24.2 Å². The van der Waals surface area contributed by atoms with Crippen molar-refractivity contribution < 1.29 is 4.79 Å². The van der Waals surface area contributed by atoms with Gasteiger partial charge in [-0.1, -0.05) is 19.1 Å². The van der Waals surface area contributed by atoms with Crippen LogP contribution in [0.25, 0.3) is 0 Å². The molecule has 0 spiro atoms. The summed E-state index contributed by atoms with van der Waals surface area (Å²) in [5, 5.41) is 2.90. The van der Waals surface area contributed by atoms with Gasteiger partial charge in [-0.15, -0.1) is 0 Å². The Bertz CT molecular complexity index is 390. The molecule has 0 aliphatic rings. The van der Waals surface area contributed by atoms with Crippen molar-refractivity contribution in [2.75, 3.05) is 18.4 Å². The molecule has 3 N–H and O–H groups in total. The fraction of sp³-hybridized carbons (Fsp3) is 0.500. The third kappa shape index (κ3) is 4.04. The molecule has 0 radical (unpaired) electrons. The number of benzene rings is 1. The Morgan fingerprint density at radius 3 is 2.72 bits per heavy atom. The zero-order valence-electron chi connectivity index (χ0n) is 11.4. The molecule has 0 aliphatic carbocycles. The summed E-state index contributed by atoms with van der Waals surface area (Å²) in [6.07, 6.45) is 0.959. The molecule has 2 amide bonds. The molecule has 0 aromatic heterocycles. The highest BCUT2D eigenvalue weighted by Gasteiger charge is 2.10. The largest absolute Gasteiger partial charge is 0.325 e. The Kier molecular flexibility index (Phi) is 5.65. The molecule has 18 heavy (non-hydrogen) atoms. The van der Waals surface area contributed by atoms with Crippen molar-refractivity contribution in [1.29, 1.82) is 0 Å². The summed E-state index contributed by atoms with van der Waals surface area (Å²) in [7, 11) is 0.